The first-order chi connectivity index (χ1) is 13.1. The summed E-state index contributed by atoms with van der Waals surface area (Å²) < 4.78 is 7.76. The fourth-order valence-corrected chi connectivity index (χ4v) is 3.71. The molecule has 140 valence electrons. The molecule has 3 aromatic rings. The molecule has 0 bridgehead atoms. The standard InChI is InChI=1S/C20H21N3O4/c24-18(21-14-6-1-2-7-14)13-22-17-10-4-3-9-16(17)19(25)23(20(22)26)12-15-8-5-11-27-15/h3-5,8-11,14H,1-2,6-7,12-13H2,(H,21,24). The number of aromatic nitrogens is 2. The molecular weight excluding hydrogens is 346 g/mol. The number of hydrogen-bond acceptors (Lipinski definition) is 4. The van der Waals surface area contributed by atoms with Crippen LogP contribution in [-0.2, 0) is 17.9 Å². The van der Waals surface area contributed by atoms with Crippen LogP contribution in [0.2, 0.25) is 0 Å². The zero-order valence-electron chi connectivity index (χ0n) is 14.9. The lowest BCUT2D eigenvalue weighted by Gasteiger charge is -2.16. The topological polar surface area (TPSA) is 86.2 Å². The molecule has 7 nitrogen and oxygen atoms in total. The highest BCUT2D eigenvalue weighted by molar-refractivity contribution is 5.81. The van der Waals surface area contributed by atoms with Crippen molar-refractivity contribution in [3.63, 3.8) is 0 Å². The lowest BCUT2D eigenvalue weighted by atomic mass is 10.2. The molecule has 4 rings (SSSR count). The van der Waals surface area contributed by atoms with Gasteiger partial charge in [0.25, 0.3) is 5.56 Å². The molecule has 0 radical (unpaired) electrons. The van der Waals surface area contributed by atoms with Crippen LogP contribution in [0.5, 0.6) is 0 Å². The molecule has 27 heavy (non-hydrogen) atoms. The van der Waals surface area contributed by atoms with Crippen LogP contribution in [0.3, 0.4) is 0 Å². The van der Waals surface area contributed by atoms with Crippen LogP contribution >= 0.6 is 0 Å². The van der Waals surface area contributed by atoms with Crippen molar-refractivity contribution in [2.75, 3.05) is 0 Å². The molecule has 1 amide bonds. The van der Waals surface area contributed by atoms with E-state index in [0.29, 0.717) is 16.7 Å². The van der Waals surface area contributed by atoms with E-state index in [4.69, 9.17) is 4.42 Å². The monoisotopic (exact) mass is 367 g/mol. The molecule has 2 aromatic heterocycles. The fraction of sp³-hybridized carbons (Fsp3) is 0.350. The van der Waals surface area contributed by atoms with Crippen LogP contribution in [0.1, 0.15) is 31.4 Å². The number of benzene rings is 1. The molecule has 0 spiro atoms. The molecule has 0 atom stereocenters. The number of fused-ring (bicyclic) bond motifs is 1. The maximum absolute atomic E-state index is 13.0. The Kier molecular flexibility index (Phi) is 4.66. The van der Waals surface area contributed by atoms with E-state index in [1.165, 1.54) is 10.8 Å². The SMILES string of the molecule is O=C(Cn1c(=O)n(Cc2ccco2)c(=O)c2ccccc21)NC1CCCC1. The maximum atomic E-state index is 13.0. The number of amides is 1. The Morgan fingerprint density at radius 3 is 2.59 bits per heavy atom. The zero-order valence-corrected chi connectivity index (χ0v) is 14.9. The summed E-state index contributed by atoms with van der Waals surface area (Å²) in [6.07, 6.45) is 5.66. The number of carbonyl (C=O) groups excluding carboxylic acids is 1. The third-order valence-corrected chi connectivity index (χ3v) is 5.05. The lowest BCUT2D eigenvalue weighted by molar-refractivity contribution is -0.122. The Bertz CT molecular complexity index is 1070. The number of furan rings is 1. The Labute approximate surface area is 155 Å². The summed E-state index contributed by atoms with van der Waals surface area (Å²) in [6, 6.07) is 10.4. The Hall–Kier alpha value is -3.09. The van der Waals surface area contributed by atoms with Crippen molar-refractivity contribution in [3.8, 4) is 0 Å². The summed E-state index contributed by atoms with van der Waals surface area (Å²) in [7, 11) is 0. The van der Waals surface area contributed by atoms with Crippen LogP contribution < -0.4 is 16.6 Å². The third-order valence-electron chi connectivity index (χ3n) is 5.05. The van der Waals surface area contributed by atoms with Gasteiger partial charge < -0.3 is 9.73 Å². The largest absolute Gasteiger partial charge is 0.467 e. The van der Waals surface area contributed by atoms with Crippen molar-refractivity contribution in [3.05, 3.63) is 69.3 Å². The van der Waals surface area contributed by atoms with Crippen LogP contribution in [0.25, 0.3) is 10.9 Å². The van der Waals surface area contributed by atoms with Crippen molar-refractivity contribution in [2.45, 2.75) is 44.8 Å². The van der Waals surface area contributed by atoms with Gasteiger partial charge in [0.1, 0.15) is 12.3 Å². The van der Waals surface area contributed by atoms with Crippen molar-refractivity contribution in [1.29, 1.82) is 0 Å². The molecule has 1 N–H and O–H groups in total. The number of para-hydroxylation sites is 1. The van der Waals surface area contributed by atoms with Crippen LogP contribution in [0, 0.1) is 0 Å². The zero-order chi connectivity index (χ0) is 18.8. The third kappa shape index (κ3) is 3.45. The minimum Gasteiger partial charge on any atom is -0.467 e. The predicted octanol–water partition coefficient (Wildman–Crippen LogP) is 1.86. The molecule has 7 heteroatoms. The van der Waals surface area contributed by atoms with Crippen LogP contribution in [-0.4, -0.2) is 21.1 Å². The number of nitrogens with zero attached hydrogens (tertiary/aromatic N) is 2. The first-order valence-electron chi connectivity index (χ1n) is 9.17. The van der Waals surface area contributed by atoms with Gasteiger partial charge in [0.05, 0.1) is 23.7 Å². The van der Waals surface area contributed by atoms with Crippen molar-refractivity contribution in [1.82, 2.24) is 14.5 Å². The summed E-state index contributed by atoms with van der Waals surface area (Å²) in [5, 5.41) is 3.39. The first kappa shape index (κ1) is 17.3. The van der Waals surface area contributed by atoms with Crippen molar-refractivity contribution >= 4 is 16.8 Å². The molecule has 1 fully saturated rings. The van der Waals surface area contributed by atoms with Crippen LogP contribution in [0.15, 0.2) is 56.7 Å². The lowest BCUT2D eigenvalue weighted by Crippen LogP contribution is -2.44. The van der Waals surface area contributed by atoms with Gasteiger partial charge in [-0.1, -0.05) is 25.0 Å². The minimum absolute atomic E-state index is 0.0275. The maximum Gasteiger partial charge on any atom is 0.332 e. The van der Waals surface area contributed by atoms with Gasteiger partial charge >= 0.3 is 5.69 Å². The highest BCUT2D eigenvalue weighted by Gasteiger charge is 2.20. The van der Waals surface area contributed by atoms with E-state index in [1.54, 1.807) is 36.4 Å². The number of nitrogens with one attached hydrogen (secondary N) is 1. The van der Waals surface area contributed by atoms with Gasteiger partial charge in [-0.2, -0.15) is 0 Å². The van der Waals surface area contributed by atoms with Gasteiger partial charge in [-0.05, 0) is 37.1 Å². The van der Waals surface area contributed by atoms with E-state index in [0.717, 1.165) is 30.3 Å². The van der Waals surface area contributed by atoms with Gasteiger partial charge in [-0.25, -0.2) is 4.79 Å². The van der Waals surface area contributed by atoms with Crippen LogP contribution in [0.4, 0.5) is 0 Å². The quantitative estimate of drug-likeness (QED) is 0.746. The number of hydrogen-bond donors (Lipinski definition) is 1. The molecule has 1 aliphatic rings. The second-order valence-corrected chi connectivity index (χ2v) is 6.91. The first-order valence-corrected chi connectivity index (χ1v) is 9.17. The molecule has 1 saturated carbocycles. The minimum atomic E-state index is -0.517. The van der Waals surface area contributed by atoms with Crippen molar-refractivity contribution < 1.29 is 9.21 Å². The predicted molar refractivity (Wildman–Crippen MR) is 101 cm³/mol. The summed E-state index contributed by atoms with van der Waals surface area (Å²) in [6.45, 7) is -0.0893. The average molecular weight is 367 g/mol. The fourth-order valence-electron chi connectivity index (χ4n) is 3.71. The summed E-state index contributed by atoms with van der Waals surface area (Å²) in [5.41, 5.74) is -0.444. The summed E-state index contributed by atoms with van der Waals surface area (Å²) >= 11 is 0. The second kappa shape index (κ2) is 7.26. The molecule has 2 heterocycles. The van der Waals surface area contributed by atoms with Gasteiger partial charge in [0.2, 0.25) is 5.91 Å². The van der Waals surface area contributed by atoms with Crippen molar-refractivity contribution in [2.24, 2.45) is 0 Å². The van der Waals surface area contributed by atoms with Gasteiger partial charge in [-0.15, -0.1) is 0 Å². The smallest absolute Gasteiger partial charge is 0.332 e. The Morgan fingerprint density at radius 2 is 1.85 bits per heavy atom. The van der Waals surface area contributed by atoms with Gasteiger partial charge in [-0.3, -0.25) is 18.7 Å². The van der Waals surface area contributed by atoms with Gasteiger partial charge in [0, 0.05) is 6.04 Å². The molecule has 1 aromatic carbocycles. The highest BCUT2D eigenvalue weighted by Crippen LogP contribution is 2.17. The summed E-state index contributed by atoms with van der Waals surface area (Å²) in [5.74, 6) is 0.295. The molecule has 0 unspecified atom stereocenters. The van der Waals surface area contributed by atoms with E-state index in [-0.39, 0.29) is 30.6 Å². The molecule has 0 saturated heterocycles. The average Bonchev–Trinajstić information content (AvgIpc) is 3.36. The molecule has 0 aliphatic heterocycles. The summed E-state index contributed by atoms with van der Waals surface area (Å²) in [4.78, 5) is 38.3. The second-order valence-electron chi connectivity index (χ2n) is 6.91. The molecular formula is C20H21N3O4. The van der Waals surface area contributed by atoms with E-state index in [2.05, 4.69) is 5.32 Å². The number of rotatable bonds is 5. The Morgan fingerprint density at radius 1 is 1.07 bits per heavy atom. The van der Waals surface area contributed by atoms with E-state index in [1.807, 2.05) is 0 Å². The highest BCUT2D eigenvalue weighted by atomic mass is 16.3. The van der Waals surface area contributed by atoms with E-state index < -0.39 is 5.69 Å². The number of carbonyl (C=O) groups is 1. The van der Waals surface area contributed by atoms with E-state index >= 15 is 0 Å². The van der Waals surface area contributed by atoms with Gasteiger partial charge in [0.15, 0.2) is 0 Å². The molecule has 1 aliphatic carbocycles. The normalized spacial score (nSPS) is 14.7. The van der Waals surface area contributed by atoms with E-state index in [9.17, 15) is 14.4 Å². The Balaban J connectivity index is 1.75.